The SMILES string of the molecule is CCOC(=O)C1=C(C)N(C2CC2)C(=S)N[C@@H]1c1ccc(-n2ccnc2)cc1. The van der Waals surface area contributed by atoms with Crippen LogP contribution in [-0.4, -0.2) is 38.2 Å². The monoisotopic (exact) mass is 382 g/mol. The molecule has 1 aliphatic heterocycles. The molecule has 2 heterocycles. The van der Waals surface area contributed by atoms with E-state index in [1.807, 2.05) is 48.9 Å². The van der Waals surface area contributed by atoms with Gasteiger partial charge in [-0.15, -0.1) is 0 Å². The van der Waals surface area contributed by atoms with Crippen molar-refractivity contribution < 1.29 is 9.53 Å². The van der Waals surface area contributed by atoms with Crippen molar-refractivity contribution in [1.82, 2.24) is 19.8 Å². The predicted molar refractivity (Wildman–Crippen MR) is 106 cm³/mol. The zero-order valence-electron chi connectivity index (χ0n) is 15.4. The van der Waals surface area contributed by atoms with Gasteiger partial charge in [-0.3, -0.25) is 0 Å². The Labute approximate surface area is 163 Å². The molecule has 27 heavy (non-hydrogen) atoms. The molecular weight excluding hydrogens is 360 g/mol. The summed E-state index contributed by atoms with van der Waals surface area (Å²) in [7, 11) is 0. The van der Waals surface area contributed by atoms with Crippen LogP contribution >= 0.6 is 12.2 Å². The van der Waals surface area contributed by atoms with Gasteiger partial charge in [0.05, 0.1) is 24.5 Å². The van der Waals surface area contributed by atoms with Gasteiger partial charge >= 0.3 is 5.97 Å². The number of nitrogens with zero attached hydrogens (tertiary/aromatic N) is 3. The van der Waals surface area contributed by atoms with Crippen LogP contribution in [0, 0.1) is 0 Å². The summed E-state index contributed by atoms with van der Waals surface area (Å²) in [6.45, 7) is 4.13. The van der Waals surface area contributed by atoms with Crippen LogP contribution in [-0.2, 0) is 9.53 Å². The molecule has 1 aromatic carbocycles. The maximum atomic E-state index is 12.7. The molecule has 1 aromatic heterocycles. The average molecular weight is 382 g/mol. The molecular formula is C20H22N4O2S. The van der Waals surface area contributed by atoms with E-state index < -0.39 is 0 Å². The number of esters is 1. The number of ether oxygens (including phenoxy) is 1. The zero-order chi connectivity index (χ0) is 19.0. The highest BCUT2D eigenvalue weighted by Crippen LogP contribution is 2.38. The highest BCUT2D eigenvalue weighted by Gasteiger charge is 2.40. The molecule has 0 unspecified atom stereocenters. The molecule has 0 spiro atoms. The number of hydrogen-bond acceptors (Lipinski definition) is 4. The van der Waals surface area contributed by atoms with Crippen LogP contribution in [0.5, 0.6) is 0 Å². The maximum Gasteiger partial charge on any atom is 0.338 e. The van der Waals surface area contributed by atoms with Crippen molar-refractivity contribution in [2.75, 3.05) is 6.61 Å². The van der Waals surface area contributed by atoms with E-state index in [9.17, 15) is 4.79 Å². The molecule has 0 saturated heterocycles. The third-order valence-electron chi connectivity index (χ3n) is 4.96. The van der Waals surface area contributed by atoms with Gasteiger partial charge in [-0.2, -0.15) is 0 Å². The van der Waals surface area contributed by atoms with Gasteiger partial charge < -0.3 is 19.5 Å². The number of carbonyl (C=O) groups excluding carboxylic acids is 1. The Balaban J connectivity index is 1.71. The van der Waals surface area contributed by atoms with E-state index in [2.05, 4.69) is 15.2 Å². The third-order valence-corrected chi connectivity index (χ3v) is 5.28. The first-order valence-electron chi connectivity index (χ1n) is 9.16. The number of nitrogens with one attached hydrogen (secondary N) is 1. The van der Waals surface area contributed by atoms with Crippen molar-refractivity contribution >= 4 is 23.3 Å². The number of thiocarbonyl (C=S) groups is 1. The van der Waals surface area contributed by atoms with E-state index in [0.29, 0.717) is 23.3 Å². The summed E-state index contributed by atoms with van der Waals surface area (Å²) in [4.78, 5) is 18.9. The molecule has 2 aliphatic rings. The summed E-state index contributed by atoms with van der Waals surface area (Å²) in [5.74, 6) is -0.292. The van der Waals surface area contributed by atoms with Crippen molar-refractivity contribution in [2.24, 2.45) is 0 Å². The van der Waals surface area contributed by atoms with E-state index in [4.69, 9.17) is 17.0 Å². The lowest BCUT2D eigenvalue weighted by atomic mass is 9.94. The summed E-state index contributed by atoms with van der Waals surface area (Å²) < 4.78 is 7.29. The van der Waals surface area contributed by atoms with Gasteiger partial charge in [-0.25, -0.2) is 9.78 Å². The van der Waals surface area contributed by atoms with Crippen molar-refractivity contribution in [3.05, 3.63) is 59.8 Å². The Kier molecular flexibility index (Phi) is 4.70. The maximum absolute atomic E-state index is 12.7. The van der Waals surface area contributed by atoms with Crippen LogP contribution in [0.1, 0.15) is 38.3 Å². The highest BCUT2D eigenvalue weighted by molar-refractivity contribution is 7.80. The molecule has 1 aliphatic carbocycles. The van der Waals surface area contributed by atoms with Crippen LogP contribution in [0.15, 0.2) is 54.3 Å². The molecule has 0 bridgehead atoms. The van der Waals surface area contributed by atoms with Crippen molar-refractivity contribution in [2.45, 2.75) is 38.8 Å². The highest BCUT2D eigenvalue weighted by atomic mass is 32.1. The largest absolute Gasteiger partial charge is 0.463 e. The fourth-order valence-electron chi connectivity index (χ4n) is 3.50. The number of rotatable bonds is 5. The summed E-state index contributed by atoms with van der Waals surface area (Å²) in [6, 6.07) is 8.10. The normalized spacial score (nSPS) is 19.9. The second-order valence-corrected chi connectivity index (χ2v) is 7.15. The van der Waals surface area contributed by atoms with Crippen LogP contribution in [0.25, 0.3) is 5.69 Å². The van der Waals surface area contributed by atoms with Gasteiger partial charge in [0, 0.05) is 29.8 Å². The minimum atomic E-state index is -0.316. The molecule has 0 radical (unpaired) electrons. The van der Waals surface area contributed by atoms with Crippen molar-refractivity contribution in [1.29, 1.82) is 0 Å². The summed E-state index contributed by atoms with van der Waals surface area (Å²) in [5.41, 5.74) is 3.50. The Morgan fingerprint density at radius 2 is 2.07 bits per heavy atom. The summed E-state index contributed by atoms with van der Waals surface area (Å²) >= 11 is 5.61. The summed E-state index contributed by atoms with van der Waals surface area (Å²) in [5, 5.41) is 4.03. The molecule has 4 rings (SSSR count). The first-order valence-corrected chi connectivity index (χ1v) is 9.57. The van der Waals surface area contributed by atoms with Gasteiger partial charge in [0.2, 0.25) is 0 Å². The minimum Gasteiger partial charge on any atom is -0.463 e. The minimum absolute atomic E-state index is 0.292. The number of imidazole rings is 1. The summed E-state index contributed by atoms with van der Waals surface area (Å²) in [6.07, 6.45) is 7.58. The molecule has 6 nitrogen and oxygen atoms in total. The lowest BCUT2D eigenvalue weighted by Gasteiger charge is -2.37. The molecule has 0 amide bonds. The van der Waals surface area contributed by atoms with Crippen LogP contribution in [0.2, 0.25) is 0 Å². The van der Waals surface area contributed by atoms with E-state index >= 15 is 0 Å². The van der Waals surface area contributed by atoms with E-state index in [0.717, 1.165) is 29.8 Å². The van der Waals surface area contributed by atoms with Crippen molar-refractivity contribution in [3.63, 3.8) is 0 Å². The van der Waals surface area contributed by atoms with E-state index in [-0.39, 0.29) is 12.0 Å². The van der Waals surface area contributed by atoms with Crippen LogP contribution < -0.4 is 5.32 Å². The molecule has 1 fully saturated rings. The van der Waals surface area contributed by atoms with E-state index in [1.54, 1.807) is 12.5 Å². The second-order valence-electron chi connectivity index (χ2n) is 6.76. The molecule has 1 atom stereocenters. The number of hydrogen-bond donors (Lipinski definition) is 1. The molecule has 1 N–H and O–H groups in total. The Hall–Kier alpha value is -2.67. The van der Waals surface area contributed by atoms with Gasteiger partial charge in [0.15, 0.2) is 5.11 Å². The number of carbonyl (C=O) groups is 1. The molecule has 2 aromatic rings. The first kappa shape index (κ1) is 17.7. The van der Waals surface area contributed by atoms with Crippen LogP contribution in [0.3, 0.4) is 0 Å². The van der Waals surface area contributed by atoms with E-state index in [1.165, 1.54) is 0 Å². The number of allylic oxidation sites excluding steroid dienone is 1. The Bertz CT molecular complexity index is 885. The topological polar surface area (TPSA) is 59.4 Å². The standard InChI is InChI=1S/C20H22N4O2S/c1-3-26-19(25)17-13(2)24(16-8-9-16)20(27)22-18(17)14-4-6-15(7-5-14)23-11-10-21-12-23/h4-7,10-12,16,18H,3,8-9H2,1-2H3,(H,22,27)/t18-/m1/s1. The number of aromatic nitrogens is 2. The van der Waals surface area contributed by atoms with Crippen molar-refractivity contribution in [3.8, 4) is 5.69 Å². The van der Waals surface area contributed by atoms with Gasteiger partial charge in [-0.05, 0) is 56.6 Å². The van der Waals surface area contributed by atoms with Crippen LogP contribution in [0.4, 0.5) is 0 Å². The Morgan fingerprint density at radius 3 is 2.67 bits per heavy atom. The molecule has 7 heteroatoms. The predicted octanol–water partition coefficient (Wildman–Crippen LogP) is 3.10. The zero-order valence-corrected chi connectivity index (χ0v) is 16.2. The third kappa shape index (κ3) is 3.35. The fraction of sp³-hybridized carbons (Fsp3) is 0.350. The lowest BCUT2D eigenvalue weighted by molar-refractivity contribution is -0.139. The van der Waals surface area contributed by atoms with Gasteiger partial charge in [-0.1, -0.05) is 12.1 Å². The molecule has 140 valence electrons. The smallest absolute Gasteiger partial charge is 0.338 e. The average Bonchev–Trinajstić information content (AvgIpc) is 3.33. The Morgan fingerprint density at radius 1 is 1.33 bits per heavy atom. The molecule has 1 saturated carbocycles. The fourth-order valence-corrected chi connectivity index (χ4v) is 3.91. The van der Waals surface area contributed by atoms with Gasteiger partial charge in [0.1, 0.15) is 0 Å². The lowest BCUT2D eigenvalue weighted by Crippen LogP contribution is -2.48. The number of benzene rings is 1. The second kappa shape index (κ2) is 7.15. The first-order chi connectivity index (χ1) is 13.1. The quantitative estimate of drug-likeness (QED) is 0.633. The van der Waals surface area contributed by atoms with Gasteiger partial charge in [0.25, 0.3) is 0 Å².